The Morgan fingerprint density at radius 3 is 2.76 bits per heavy atom. The predicted molar refractivity (Wildman–Crippen MR) is 69.9 cm³/mol. The van der Waals surface area contributed by atoms with Crippen LogP contribution in [0.4, 0.5) is 4.39 Å². The summed E-state index contributed by atoms with van der Waals surface area (Å²) in [5, 5.41) is 4.02. The highest BCUT2D eigenvalue weighted by Crippen LogP contribution is 2.32. The van der Waals surface area contributed by atoms with Crippen molar-refractivity contribution in [3.05, 3.63) is 34.6 Å². The van der Waals surface area contributed by atoms with E-state index in [1.54, 1.807) is 6.07 Å². The Morgan fingerprint density at radius 1 is 1.47 bits per heavy atom. The zero-order valence-corrected chi connectivity index (χ0v) is 11.1. The molecular formula is C14H19ClFN. The normalized spacial score (nSPS) is 24.5. The minimum Gasteiger partial charge on any atom is -0.311 e. The van der Waals surface area contributed by atoms with E-state index in [9.17, 15) is 4.39 Å². The van der Waals surface area contributed by atoms with Crippen LogP contribution >= 0.6 is 11.6 Å². The average Bonchev–Trinajstić information content (AvgIpc) is 2.72. The number of hydrogen-bond donors (Lipinski definition) is 1. The smallest absolute Gasteiger partial charge is 0.127 e. The molecule has 0 spiro atoms. The third kappa shape index (κ3) is 2.63. The number of benzene rings is 1. The van der Waals surface area contributed by atoms with E-state index in [4.69, 9.17) is 11.6 Å². The molecule has 17 heavy (non-hydrogen) atoms. The summed E-state index contributed by atoms with van der Waals surface area (Å²) in [6.45, 7) is 5.44. The third-order valence-corrected chi connectivity index (χ3v) is 4.14. The van der Waals surface area contributed by atoms with Crippen molar-refractivity contribution in [1.82, 2.24) is 5.32 Å². The summed E-state index contributed by atoms with van der Waals surface area (Å²) in [5.74, 6) is 0.311. The first-order chi connectivity index (χ1) is 8.03. The van der Waals surface area contributed by atoms with E-state index in [1.165, 1.54) is 12.5 Å². The first kappa shape index (κ1) is 12.8. The van der Waals surface area contributed by atoms with Gasteiger partial charge in [0.1, 0.15) is 5.82 Å². The van der Waals surface area contributed by atoms with E-state index >= 15 is 0 Å². The number of nitrogens with one attached hydrogen (secondary N) is 1. The van der Waals surface area contributed by atoms with Gasteiger partial charge in [0, 0.05) is 10.6 Å². The summed E-state index contributed by atoms with van der Waals surface area (Å²) in [4.78, 5) is 0. The second-order valence-corrected chi connectivity index (χ2v) is 5.69. The fourth-order valence-corrected chi connectivity index (χ4v) is 2.84. The Labute approximate surface area is 107 Å². The van der Waals surface area contributed by atoms with Crippen LogP contribution < -0.4 is 5.32 Å². The Balaban J connectivity index is 2.23. The number of rotatable bonds is 3. The van der Waals surface area contributed by atoms with Crippen LogP contribution in [0.2, 0.25) is 5.02 Å². The monoisotopic (exact) mass is 255 g/mol. The number of hydrogen-bond acceptors (Lipinski definition) is 1. The second-order valence-electron chi connectivity index (χ2n) is 5.25. The predicted octanol–water partition coefficient (Wildman–Crippen LogP) is 3.80. The Hall–Kier alpha value is -0.600. The minimum atomic E-state index is -0.189. The van der Waals surface area contributed by atoms with E-state index in [-0.39, 0.29) is 11.4 Å². The molecule has 1 aromatic carbocycles. The lowest BCUT2D eigenvalue weighted by Gasteiger charge is -2.34. The standard InChI is InChI=1S/C14H19ClFN/c1-10(2)14(6-3-7-17-14)9-11-4-5-12(15)8-13(11)16/h4-5,8,10,17H,3,6-7,9H2,1-2H3. The van der Waals surface area contributed by atoms with Crippen LogP contribution in [0.25, 0.3) is 0 Å². The first-order valence-electron chi connectivity index (χ1n) is 6.22. The maximum Gasteiger partial charge on any atom is 0.127 e. The van der Waals surface area contributed by atoms with E-state index in [0.29, 0.717) is 10.9 Å². The van der Waals surface area contributed by atoms with Gasteiger partial charge in [0.2, 0.25) is 0 Å². The lowest BCUT2D eigenvalue weighted by atomic mass is 9.79. The quantitative estimate of drug-likeness (QED) is 0.866. The van der Waals surface area contributed by atoms with Gasteiger partial charge in [-0.15, -0.1) is 0 Å². The molecule has 94 valence electrons. The van der Waals surface area contributed by atoms with Crippen molar-refractivity contribution in [2.45, 2.75) is 38.6 Å². The molecule has 1 atom stereocenters. The van der Waals surface area contributed by atoms with Gasteiger partial charge in [-0.2, -0.15) is 0 Å². The molecule has 1 nitrogen and oxygen atoms in total. The van der Waals surface area contributed by atoms with Gasteiger partial charge in [0.05, 0.1) is 0 Å². The van der Waals surface area contributed by atoms with Crippen molar-refractivity contribution in [2.75, 3.05) is 6.54 Å². The molecule has 0 aliphatic carbocycles. The zero-order valence-electron chi connectivity index (χ0n) is 10.4. The van der Waals surface area contributed by atoms with Gasteiger partial charge in [0.25, 0.3) is 0 Å². The van der Waals surface area contributed by atoms with E-state index in [2.05, 4.69) is 19.2 Å². The summed E-state index contributed by atoms with van der Waals surface area (Å²) < 4.78 is 13.8. The summed E-state index contributed by atoms with van der Waals surface area (Å²) in [7, 11) is 0. The van der Waals surface area contributed by atoms with Crippen molar-refractivity contribution in [2.24, 2.45) is 5.92 Å². The zero-order chi connectivity index (χ0) is 12.5. The lowest BCUT2D eigenvalue weighted by Crippen LogP contribution is -2.46. The van der Waals surface area contributed by atoms with Crippen molar-refractivity contribution in [3.63, 3.8) is 0 Å². The molecule has 1 unspecified atom stereocenters. The Morgan fingerprint density at radius 2 is 2.24 bits per heavy atom. The van der Waals surface area contributed by atoms with Crippen molar-refractivity contribution >= 4 is 11.6 Å². The molecule has 0 radical (unpaired) electrons. The minimum absolute atomic E-state index is 0.0503. The molecule has 0 amide bonds. The average molecular weight is 256 g/mol. The van der Waals surface area contributed by atoms with Gasteiger partial charge in [0.15, 0.2) is 0 Å². The van der Waals surface area contributed by atoms with E-state index in [0.717, 1.165) is 24.9 Å². The van der Waals surface area contributed by atoms with Gasteiger partial charge in [-0.25, -0.2) is 4.39 Å². The molecule has 0 bridgehead atoms. The van der Waals surface area contributed by atoms with Crippen LogP contribution in [0.5, 0.6) is 0 Å². The van der Waals surface area contributed by atoms with Gasteiger partial charge < -0.3 is 5.32 Å². The molecular weight excluding hydrogens is 237 g/mol. The van der Waals surface area contributed by atoms with Gasteiger partial charge in [-0.3, -0.25) is 0 Å². The first-order valence-corrected chi connectivity index (χ1v) is 6.60. The summed E-state index contributed by atoms with van der Waals surface area (Å²) >= 11 is 5.78. The largest absolute Gasteiger partial charge is 0.311 e. The molecule has 1 heterocycles. The Bertz CT molecular complexity index is 397. The Kier molecular flexibility index (Phi) is 3.74. The van der Waals surface area contributed by atoms with Crippen molar-refractivity contribution < 1.29 is 4.39 Å². The molecule has 1 aliphatic heterocycles. The molecule has 1 fully saturated rings. The fourth-order valence-electron chi connectivity index (χ4n) is 2.68. The maximum absolute atomic E-state index is 13.8. The van der Waals surface area contributed by atoms with Crippen molar-refractivity contribution in [1.29, 1.82) is 0 Å². The maximum atomic E-state index is 13.8. The van der Waals surface area contributed by atoms with E-state index in [1.807, 2.05) is 6.07 Å². The molecule has 0 saturated carbocycles. The molecule has 0 aromatic heterocycles. The van der Waals surface area contributed by atoms with Crippen LogP contribution in [0.1, 0.15) is 32.3 Å². The topological polar surface area (TPSA) is 12.0 Å². The van der Waals surface area contributed by atoms with Crippen LogP contribution in [0, 0.1) is 11.7 Å². The third-order valence-electron chi connectivity index (χ3n) is 3.90. The molecule has 1 aliphatic rings. The highest BCUT2D eigenvalue weighted by Gasteiger charge is 2.37. The lowest BCUT2D eigenvalue weighted by molar-refractivity contribution is 0.266. The molecule has 2 rings (SSSR count). The SMILES string of the molecule is CC(C)C1(Cc2ccc(Cl)cc2F)CCCN1. The van der Waals surface area contributed by atoms with Gasteiger partial charge in [-0.1, -0.05) is 31.5 Å². The highest BCUT2D eigenvalue weighted by molar-refractivity contribution is 6.30. The fraction of sp³-hybridized carbons (Fsp3) is 0.571. The molecule has 1 N–H and O–H groups in total. The summed E-state index contributed by atoms with van der Waals surface area (Å²) in [6, 6.07) is 4.98. The van der Waals surface area contributed by atoms with Crippen LogP contribution in [-0.4, -0.2) is 12.1 Å². The second kappa shape index (κ2) is 4.95. The van der Waals surface area contributed by atoms with E-state index < -0.39 is 0 Å². The summed E-state index contributed by atoms with van der Waals surface area (Å²) in [5.41, 5.74) is 0.812. The molecule has 1 saturated heterocycles. The number of halogens is 2. The van der Waals surface area contributed by atoms with Crippen LogP contribution in [-0.2, 0) is 6.42 Å². The van der Waals surface area contributed by atoms with Crippen LogP contribution in [0.15, 0.2) is 18.2 Å². The van der Waals surface area contributed by atoms with Crippen molar-refractivity contribution in [3.8, 4) is 0 Å². The molecule has 3 heteroatoms. The van der Waals surface area contributed by atoms with Gasteiger partial charge in [-0.05, 0) is 49.4 Å². The highest BCUT2D eigenvalue weighted by atomic mass is 35.5. The van der Waals surface area contributed by atoms with Crippen LogP contribution in [0.3, 0.4) is 0 Å². The summed E-state index contributed by atoms with van der Waals surface area (Å²) in [6.07, 6.45) is 3.04. The van der Waals surface area contributed by atoms with Gasteiger partial charge >= 0.3 is 0 Å². The molecule has 1 aromatic rings.